The van der Waals surface area contributed by atoms with Gasteiger partial charge in [-0.3, -0.25) is 0 Å². The zero-order valence-electron chi connectivity index (χ0n) is 22.7. The van der Waals surface area contributed by atoms with Gasteiger partial charge in [-0.15, -0.1) is 0 Å². The maximum absolute atomic E-state index is 12.8. The second-order valence-corrected chi connectivity index (χ2v) is 25.9. The summed E-state index contributed by atoms with van der Waals surface area (Å²) in [4.78, 5) is -0.205. The Bertz CT molecular complexity index is 1160. The maximum Gasteiger partial charge on any atom is 0.314 e. The average molecular weight is 562 g/mol. The lowest BCUT2D eigenvalue weighted by molar-refractivity contribution is 0.258. The lowest BCUT2D eigenvalue weighted by atomic mass is 10.2. The van der Waals surface area contributed by atoms with Crippen molar-refractivity contribution in [3.63, 3.8) is 0 Å². The van der Waals surface area contributed by atoms with Gasteiger partial charge in [-0.1, -0.05) is 37.3 Å². The van der Waals surface area contributed by atoms with Gasteiger partial charge in [0.05, 0.1) is 11.5 Å². The molecule has 196 valence electrons. The number of benzene rings is 2. The van der Waals surface area contributed by atoms with Crippen molar-refractivity contribution in [3.05, 3.63) is 65.1 Å². The molecular weight excluding hydrogens is 523 g/mol. The number of nitrogens with zero attached hydrogens (tertiary/aromatic N) is 1. The summed E-state index contributed by atoms with van der Waals surface area (Å²) in [7, 11) is -9.74. The molecule has 10 heteroatoms. The minimum Gasteiger partial charge on any atom is -0.493 e. The van der Waals surface area contributed by atoms with E-state index in [1.54, 1.807) is 42.5 Å². The zero-order chi connectivity index (χ0) is 27.2. The molecule has 1 unspecified atom stereocenters. The summed E-state index contributed by atoms with van der Waals surface area (Å²) in [6.07, 6.45) is 1.38. The second-order valence-electron chi connectivity index (χ2n) is 11.2. The van der Waals surface area contributed by atoms with E-state index in [1.807, 2.05) is 6.07 Å². The van der Waals surface area contributed by atoms with Crippen molar-refractivity contribution in [2.24, 2.45) is 5.92 Å². The van der Waals surface area contributed by atoms with E-state index in [4.69, 9.17) is 13.0 Å². The summed E-state index contributed by atoms with van der Waals surface area (Å²) >= 11 is 0. The van der Waals surface area contributed by atoms with E-state index in [0.29, 0.717) is 17.9 Å². The molecule has 0 bridgehead atoms. The SMILES string of the molecule is CC(COc1ccc(/C=C(\C#N)S(=O)(=O)c2ccccc2)cc1)C[Si](C)(O[Si](C)(C)C)O[Si](C)(C)C. The Morgan fingerprint density at radius 1 is 0.917 bits per heavy atom. The molecule has 0 fully saturated rings. The van der Waals surface area contributed by atoms with Gasteiger partial charge < -0.3 is 13.0 Å². The molecule has 0 N–H and O–H groups in total. The van der Waals surface area contributed by atoms with E-state index in [0.717, 1.165) is 6.04 Å². The Kier molecular flexibility index (Phi) is 10.1. The molecule has 0 saturated heterocycles. The molecule has 0 radical (unpaired) electrons. The van der Waals surface area contributed by atoms with E-state index in [2.05, 4.69) is 52.8 Å². The van der Waals surface area contributed by atoms with Gasteiger partial charge in [0, 0.05) is 0 Å². The summed E-state index contributed by atoms with van der Waals surface area (Å²) < 4.78 is 44.8. The molecule has 0 aliphatic rings. The highest BCUT2D eigenvalue weighted by atomic mass is 32.2. The number of ether oxygens (including phenoxy) is 1. The van der Waals surface area contributed by atoms with Crippen LogP contribution >= 0.6 is 0 Å². The van der Waals surface area contributed by atoms with Gasteiger partial charge in [0.1, 0.15) is 16.7 Å². The molecule has 0 heterocycles. The van der Waals surface area contributed by atoms with Crippen molar-refractivity contribution in [2.75, 3.05) is 6.61 Å². The van der Waals surface area contributed by atoms with E-state index in [1.165, 1.54) is 18.2 Å². The fourth-order valence-electron chi connectivity index (χ4n) is 4.04. The molecule has 2 rings (SSSR count). The van der Waals surface area contributed by atoms with Gasteiger partial charge in [-0.2, -0.15) is 5.26 Å². The lowest BCUT2D eigenvalue weighted by Gasteiger charge is -2.39. The van der Waals surface area contributed by atoms with Gasteiger partial charge in [0.2, 0.25) is 9.84 Å². The summed E-state index contributed by atoms with van der Waals surface area (Å²) in [5.41, 5.74) is 0.610. The molecule has 36 heavy (non-hydrogen) atoms. The van der Waals surface area contributed by atoms with Crippen molar-refractivity contribution in [1.82, 2.24) is 0 Å². The quantitative estimate of drug-likeness (QED) is 0.209. The van der Waals surface area contributed by atoms with Gasteiger partial charge in [0.25, 0.3) is 0 Å². The topological polar surface area (TPSA) is 85.6 Å². The van der Waals surface area contributed by atoms with Crippen molar-refractivity contribution in [3.8, 4) is 11.8 Å². The van der Waals surface area contributed by atoms with Crippen LogP contribution in [0.5, 0.6) is 5.75 Å². The van der Waals surface area contributed by atoms with E-state index in [9.17, 15) is 13.7 Å². The highest BCUT2D eigenvalue weighted by Crippen LogP contribution is 2.28. The number of hydrogen-bond acceptors (Lipinski definition) is 6. The Hall–Kier alpha value is -2.01. The molecule has 2 aromatic rings. The normalized spacial score (nSPS) is 14.2. The fourth-order valence-corrected chi connectivity index (χ4v) is 18.2. The number of nitriles is 1. The fraction of sp³-hybridized carbons (Fsp3) is 0.423. The smallest absolute Gasteiger partial charge is 0.314 e. The molecule has 0 aliphatic heterocycles. The van der Waals surface area contributed by atoms with Crippen molar-refractivity contribution < 1.29 is 21.4 Å². The second kappa shape index (κ2) is 12.0. The largest absolute Gasteiger partial charge is 0.493 e. The van der Waals surface area contributed by atoms with E-state index < -0.39 is 35.0 Å². The minimum absolute atomic E-state index is 0.0958. The predicted molar refractivity (Wildman–Crippen MR) is 154 cm³/mol. The van der Waals surface area contributed by atoms with Crippen LogP contribution in [0.1, 0.15) is 12.5 Å². The van der Waals surface area contributed by atoms with E-state index >= 15 is 0 Å². The van der Waals surface area contributed by atoms with Crippen LogP contribution in [0.4, 0.5) is 0 Å². The summed E-state index contributed by atoms with van der Waals surface area (Å²) in [5.74, 6) is 0.930. The minimum atomic E-state index is -3.87. The van der Waals surface area contributed by atoms with Crippen LogP contribution in [0, 0.1) is 17.2 Å². The molecule has 1 atom stereocenters. The predicted octanol–water partition coefficient (Wildman–Crippen LogP) is 6.81. The number of sulfone groups is 1. The Morgan fingerprint density at radius 3 is 1.92 bits per heavy atom. The lowest BCUT2D eigenvalue weighted by Crippen LogP contribution is -2.53. The third-order valence-electron chi connectivity index (χ3n) is 4.93. The third kappa shape index (κ3) is 9.80. The Balaban J connectivity index is 2.08. The Morgan fingerprint density at radius 2 is 1.44 bits per heavy atom. The molecule has 0 aliphatic carbocycles. The van der Waals surface area contributed by atoms with E-state index in [-0.39, 0.29) is 15.7 Å². The van der Waals surface area contributed by atoms with Gasteiger partial charge in [0.15, 0.2) is 16.6 Å². The zero-order valence-corrected chi connectivity index (χ0v) is 26.5. The highest BCUT2D eigenvalue weighted by molar-refractivity contribution is 7.95. The first kappa shape index (κ1) is 30.2. The molecular formula is C26H39NO5SSi3. The monoisotopic (exact) mass is 561 g/mol. The standard InChI is InChI=1S/C26H39NO5SSi3/c1-22(21-36(8,31-34(2,3)4)32-35(5,6)7)20-30-24-16-14-23(15-17-24)18-26(19-27)33(28,29)25-12-10-9-11-13-25/h9-18,22H,20-21H2,1-8H3/b26-18+. The first-order chi connectivity index (χ1) is 16.5. The van der Waals surface area contributed by atoms with Crippen LogP contribution in [-0.2, 0) is 18.1 Å². The molecule has 0 aromatic heterocycles. The number of hydrogen-bond donors (Lipinski definition) is 0. The first-order valence-corrected chi connectivity index (χ1v) is 22.9. The molecule has 0 amide bonds. The summed E-state index contributed by atoms with van der Waals surface area (Å²) in [6.45, 7) is 18.1. The van der Waals surface area contributed by atoms with Crippen LogP contribution in [0.25, 0.3) is 6.08 Å². The third-order valence-corrected chi connectivity index (χ3v) is 16.4. The van der Waals surface area contributed by atoms with Gasteiger partial charge >= 0.3 is 8.56 Å². The van der Waals surface area contributed by atoms with Crippen LogP contribution in [0.2, 0.25) is 51.9 Å². The Labute approximate surface area is 220 Å². The maximum atomic E-state index is 12.8. The molecule has 0 spiro atoms. The summed E-state index contributed by atoms with van der Waals surface area (Å²) in [5, 5.41) is 9.48. The highest BCUT2D eigenvalue weighted by Gasteiger charge is 2.41. The van der Waals surface area contributed by atoms with Crippen molar-refractivity contribution in [2.45, 2.75) is 63.7 Å². The van der Waals surface area contributed by atoms with Crippen molar-refractivity contribution in [1.29, 1.82) is 5.26 Å². The van der Waals surface area contributed by atoms with Crippen molar-refractivity contribution >= 4 is 41.1 Å². The first-order valence-electron chi connectivity index (χ1n) is 12.1. The van der Waals surface area contributed by atoms with Crippen LogP contribution < -0.4 is 4.74 Å². The van der Waals surface area contributed by atoms with Crippen LogP contribution in [-0.4, -0.2) is 40.2 Å². The number of rotatable bonds is 12. The van der Waals surface area contributed by atoms with Gasteiger partial charge in [-0.05, 0) is 93.7 Å². The van der Waals surface area contributed by atoms with Crippen LogP contribution in [0.3, 0.4) is 0 Å². The number of allylic oxidation sites excluding steroid dienone is 1. The molecule has 2 aromatic carbocycles. The average Bonchev–Trinajstić information content (AvgIpc) is 2.74. The van der Waals surface area contributed by atoms with Gasteiger partial charge in [-0.25, -0.2) is 8.42 Å². The molecule has 6 nitrogen and oxygen atoms in total. The van der Waals surface area contributed by atoms with Crippen LogP contribution in [0.15, 0.2) is 64.4 Å². The molecule has 0 saturated carbocycles. The summed E-state index contributed by atoms with van der Waals surface area (Å²) in [6, 6.07) is 17.7.